The number of aryl methyl sites for hydroxylation is 2. The Morgan fingerprint density at radius 3 is 2.22 bits per heavy atom. The molecule has 0 spiro atoms. The summed E-state index contributed by atoms with van der Waals surface area (Å²) < 4.78 is 5.17. The fourth-order valence-electron chi connectivity index (χ4n) is 6.33. The Kier molecular flexibility index (Phi) is 3.54. The molecular weight excluding hydrogens is 288 g/mol. The van der Waals surface area contributed by atoms with Crippen molar-refractivity contribution in [3.63, 3.8) is 0 Å². The van der Waals surface area contributed by atoms with Crippen molar-refractivity contribution in [2.75, 3.05) is 0 Å². The number of carbonyl (C=O) groups is 1. The Morgan fingerprint density at radius 2 is 1.78 bits per heavy atom. The van der Waals surface area contributed by atoms with Gasteiger partial charge in [0.05, 0.1) is 5.69 Å². The first kappa shape index (κ1) is 15.2. The van der Waals surface area contributed by atoms with Crippen molar-refractivity contribution >= 4 is 5.91 Å². The van der Waals surface area contributed by atoms with Crippen LogP contribution in [0.4, 0.5) is 0 Å². The Balaban J connectivity index is 1.56. The molecule has 4 nitrogen and oxygen atoms in total. The van der Waals surface area contributed by atoms with Crippen molar-refractivity contribution in [2.24, 2.45) is 23.2 Å². The van der Waals surface area contributed by atoms with Crippen LogP contribution < -0.4 is 5.32 Å². The predicted molar refractivity (Wildman–Crippen MR) is 88.1 cm³/mol. The van der Waals surface area contributed by atoms with Crippen LogP contribution in [-0.2, 0) is 0 Å². The first-order valence-corrected chi connectivity index (χ1v) is 9.24. The van der Waals surface area contributed by atoms with Gasteiger partial charge in [0, 0.05) is 6.04 Å². The second kappa shape index (κ2) is 5.35. The number of nitrogens with zero attached hydrogens (tertiary/aromatic N) is 1. The molecule has 4 bridgehead atoms. The molecule has 1 aromatic rings. The van der Waals surface area contributed by atoms with Gasteiger partial charge in [0.2, 0.25) is 0 Å². The molecule has 0 aromatic carbocycles. The van der Waals surface area contributed by atoms with Crippen molar-refractivity contribution in [3.8, 4) is 0 Å². The quantitative estimate of drug-likeness (QED) is 0.913. The van der Waals surface area contributed by atoms with Crippen LogP contribution in [-0.4, -0.2) is 17.1 Å². The minimum absolute atomic E-state index is 0.00356. The van der Waals surface area contributed by atoms with Gasteiger partial charge in [-0.2, -0.15) is 0 Å². The average molecular weight is 316 g/mol. The SMILES string of the molecule is CCC(NC(=O)c1c(C)noc1C)C12CC3CC(CC(C3)C1)C2. The molecule has 1 heterocycles. The fraction of sp³-hybridized carbons (Fsp3) is 0.789. The Morgan fingerprint density at radius 1 is 1.22 bits per heavy atom. The maximum atomic E-state index is 12.8. The molecule has 4 saturated carbocycles. The zero-order valence-electron chi connectivity index (χ0n) is 14.5. The molecule has 1 aromatic heterocycles. The molecule has 126 valence electrons. The minimum atomic E-state index is 0.00356. The van der Waals surface area contributed by atoms with Gasteiger partial charge in [0.15, 0.2) is 0 Å². The van der Waals surface area contributed by atoms with Crippen molar-refractivity contribution in [1.29, 1.82) is 0 Å². The highest BCUT2D eigenvalue weighted by Gasteiger charge is 2.54. The molecule has 1 N–H and O–H groups in total. The number of amides is 1. The lowest BCUT2D eigenvalue weighted by atomic mass is 9.47. The van der Waals surface area contributed by atoms with E-state index in [2.05, 4.69) is 17.4 Å². The average Bonchev–Trinajstić information content (AvgIpc) is 2.82. The first-order valence-electron chi connectivity index (χ1n) is 9.24. The zero-order valence-corrected chi connectivity index (χ0v) is 14.5. The standard InChI is InChI=1S/C19H28N2O2/c1-4-16(20-18(22)17-11(2)21-23-12(17)3)19-8-13-5-14(9-19)7-15(6-13)10-19/h13-16H,4-10H2,1-3H3,(H,20,22). The smallest absolute Gasteiger partial charge is 0.257 e. The third-order valence-corrected chi connectivity index (χ3v) is 6.80. The molecular formula is C19H28N2O2. The van der Waals surface area contributed by atoms with Crippen molar-refractivity contribution in [2.45, 2.75) is 71.8 Å². The predicted octanol–water partition coefficient (Wildman–Crippen LogP) is 4.02. The summed E-state index contributed by atoms with van der Waals surface area (Å²) >= 11 is 0. The van der Waals surface area contributed by atoms with Crippen LogP contribution in [0.3, 0.4) is 0 Å². The highest BCUT2D eigenvalue weighted by Crippen LogP contribution is 2.61. The molecule has 5 rings (SSSR count). The van der Waals surface area contributed by atoms with E-state index >= 15 is 0 Å². The van der Waals surface area contributed by atoms with Gasteiger partial charge >= 0.3 is 0 Å². The lowest BCUT2D eigenvalue weighted by molar-refractivity contribution is -0.0727. The van der Waals surface area contributed by atoms with Gasteiger partial charge < -0.3 is 9.84 Å². The number of hydrogen-bond acceptors (Lipinski definition) is 3. The number of carbonyl (C=O) groups excluding carboxylic acids is 1. The first-order chi connectivity index (χ1) is 11.0. The molecule has 1 unspecified atom stereocenters. The summed E-state index contributed by atoms with van der Waals surface area (Å²) in [7, 11) is 0. The zero-order chi connectivity index (χ0) is 16.2. The van der Waals surface area contributed by atoms with Crippen LogP contribution in [0.15, 0.2) is 4.52 Å². The monoisotopic (exact) mass is 316 g/mol. The second-order valence-corrected chi connectivity index (χ2v) is 8.41. The summed E-state index contributed by atoms with van der Waals surface area (Å²) in [5.74, 6) is 3.35. The van der Waals surface area contributed by atoms with Crippen LogP contribution in [0, 0.1) is 37.0 Å². The molecule has 1 amide bonds. The number of nitrogens with one attached hydrogen (secondary N) is 1. The lowest BCUT2D eigenvalue weighted by Gasteiger charge is -2.59. The van der Waals surface area contributed by atoms with E-state index in [1.54, 1.807) is 0 Å². The third-order valence-electron chi connectivity index (χ3n) is 6.80. The normalized spacial score (nSPS) is 36.2. The summed E-state index contributed by atoms with van der Waals surface area (Å²) in [5, 5.41) is 7.30. The highest BCUT2D eigenvalue weighted by atomic mass is 16.5. The molecule has 4 aliphatic rings. The maximum absolute atomic E-state index is 12.8. The molecule has 0 aliphatic heterocycles. The minimum Gasteiger partial charge on any atom is -0.361 e. The van der Waals surface area contributed by atoms with E-state index in [1.807, 2.05) is 13.8 Å². The Bertz CT molecular complexity index is 564. The van der Waals surface area contributed by atoms with Crippen LogP contribution in [0.5, 0.6) is 0 Å². The van der Waals surface area contributed by atoms with E-state index in [-0.39, 0.29) is 11.9 Å². The lowest BCUT2D eigenvalue weighted by Crippen LogP contribution is -2.56. The van der Waals surface area contributed by atoms with Crippen LogP contribution in [0.1, 0.15) is 73.7 Å². The van der Waals surface area contributed by atoms with E-state index in [1.165, 1.54) is 38.5 Å². The van der Waals surface area contributed by atoms with Crippen molar-refractivity contribution in [3.05, 3.63) is 17.0 Å². The molecule has 4 fully saturated rings. The molecule has 1 atom stereocenters. The van der Waals surface area contributed by atoms with Gasteiger partial charge in [0.25, 0.3) is 5.91 Å². The summed E-state index contributed by atoms with van der Waals surface area (Å²) in [6, 6.07) is 0.289. The van der Waals surface area contributed by atoms with E-state index < -0.39 is 0 Å². The van der Waals surface area contributed by atoms with Crippen molar-refractivity contribution in [1.82, 2.24) is 10.5 Å². The molecule has 4 aliphatic carbocycles. The third kappa shape index (κ3) is 2.41. The summed E-state index contributed by atoms with van der Waals surface area (Å²) in [5.41, 5.74) is 1.67. The second-order valence-electron chi connectivity index (χ2n) is 8.41. The van der Waals surface area contributed by atoms with Crippen LogP contribution >= 0.6 is 0 Å². The van der Waals surface area contributed by atoms with Gasteiger partial charge in [-0.05, 0) is 82.0 Å². The van der Waals surface area contributed by atoms with E-state index in [9.17, 15) is 4.79 Å². The van der Waals surface area contributed by atoms with Gasteiger partial charge in [-0.15, -0.1) is 0 Å². The van der Waals surface area contributed by atoms with E-state index in [0.717, 1.165) is 24.2 Å². The highest BCUT2D eigenvalue weighted by molar-refractivity contribution is 5.96. The number of hydrogen-bond donors (Lipinski definition) is 1. The van der Waals surface area contributed by atoms with Gasteiger partial charge in [-0.3, -0.25) is 4.79 Å². The van der Waals surface area contributed by atoms with Gasteiger partial charge in [-0.1, -0.05) is 12.1 Å². The summed E-state index contributed by atoms with van der Waals surface area (Å²) in [4.78, 5) is 12.8. The summed E-state index contributed by atoms with van der Waals surface area (Å²) in [6.45, 7) is 5.88. The summed E-state index contributed by atoms with van der Waals surface area (Å²) in [6.07, 6.45) is 9.29. The Labute approximate surface area is 138 Å². The topological polar surface area (TPSA) is 55.1 Å². The molecule has 23 heavy (non-hydrogen) atoms. The van der Waals surface area contributed by atoms with E-state index in [0.29, 0.717) is 22.4 Å². The molecule has 4 heteroatoms. The van der Waals surface area contributed by atoms with Crippen molar-refractivity contribution < 1.29 is 9.32 Å². The molecule has 0 saturated heterocycles. The van der Waals surface area contributed by atoms with Crippen LogP contribution in [0.2, 0.25) is 0 Å². The number of aromatic nitrogens is 1. The van der Waals surface area contributed by atoms with Gasteiger partial charge in [-0.25, -0.2) is 0 Å². The number of rotatable bonds is 4. The largest absolute Gasteiger partial charge is 0.361 e. The maximum Gasteiger partial charge on any atom is 0.257 e. The van der Waals surface area contributed by atoms with Gasteiger partial charge in [0.1, 0.15) is 11.3 Å². The fourth-order valence-corrected chi connectivity index (χ4v) is 6.33. The van der Waals surface area contributed by atoms with E-state index in [4.69, 9.17) is 4.52 Å². The van der Waals surface area contributed by atoms with Crippen LogP contribution in [0.25, 0.3) is 0 Å². The Hall–Kier alpha value is -1.32. The molecule has 0 radical (unpaired) electrons.